The topological polar surface area (TPSA) is 57.2 Å². The summed E-state index contributed by atoms with van der Waals surface area (Å²) in [5.41, 5.74) is 0. The molecule has 0 heterocycles. The van der Waals surface area contributed by atoms with Crippen molar-refractivity contribution >= 4 is 10.1 Å². The van der Waals surface area contributed by atoms with Gasteiger partial charge in [-0.25, -0.2) is 12.8 Å². The highest BCUT2D eigenvalue weighted by Crippen LogP contribution is 2.59. The van der Waals surface area contributed by atoms with Crippen molar-refractivity contribution in [2.24, 2.45) is 0 Å². The van der Waals surface area contributed by atoms with E-state index in [4.69, 9.17) is 0 Å². The minimum absolute atomic E-state index is 3.58. The van der Waals surface area contributed by atoms with Crippen molar-refractivity contribution < 1.29 is 74.4 Å². The third kappa shape index (κ3) is 3.65. The van der Waals surface area contributed by atoms with Gasteiger partial charge in [-0.3, -0.25) is 0 Å². The lowest BCUT2D eigenvalue weighted by Gasteiger charge is -2.40. The first-order chi connectivity index (χ1) is 10.9. The number of halogens is 14. The van der Waals surface area contributed by atoms with E-state index >= 15 is 0 Å². The normalized spacial score (nSPS) is 17.3. The first-order valence-electron chi connectivity index (χ1n) is 5.43. The molecule has 0 N–H and O–H groups in total. The van der Waals surface area contributed by atoms with Gasteiger partial charge in [0.15, 0.2) is 16.3 Å². The highest BCUT2D eigenvalue weighted by atomic mass is 32.2. The van der Waals surface area contributed by atoms with Crippen LogP contribution in [0.5, 0.6) is 0 Å². The van der Waals surface area contributed by atoms with Gasteiger partial charge in [0, 0.05) is 0 Å². The standard InChI is InChI=1S/C8H4F14O3S/c9-2(1-3(10,11)12)4(13,14)5(15,16)6(17,18)7(19,20)8(21,22)26(23,24)25/h2H,1H2,(H,23,24,25)/p-1. The molecule has 26 heavy (non-hydrogen) atoms. The van der Waals surface area contributed by atoms with Crippen LogP contribution in [0.15, 0.2) is 0 Å². The Morgan fingerprint density at radius 2 is 1.04 bits per heavy atom. The number of hydrogen-bond acceptors (Lipinski definition) is 3. The molecule has 0 radical (unpaired) electrons. The van der Waals surface area contributed by atoms with Gasteiger partial charge < -0.3 is 4.55 Å². The summed E-state index contributed by atoms with van der Waals surface area (Å²) in [6, 6.07) is 0. The van der Waals surface area contributed by atoms with E-state index in [-0.39, 0.29) is 0 Å². The molecule has 158 valence electrons. The fourth-order valence-corrected chi connectivity index (χ4v) is 1.72. The van der Waals surface area contributed by atoms with Gasteiger partial charge in [-0.05, 0) is 0 Å². The molecule has 0 saturated heterocycles. The zero-order valence-electron chi connectivity index (χ0n) is 11.2. The average molecular weight is 445 g/mol. The SMILES string of the molecule is O=S(=O)([O-])C(F)(F)C(F)(F)C(F)(F)C(F)(F)C(F)(F)C(F)CC(F)(F)F. The number of rotatable bonds is 7. The van der Waals surface area contributed by atoms with Gasteiger partial charge in [0.2, 0.25) is 0 Å². The van der Waals surface area contributed by atoms with E-state index in [1.54, 1.807) is 0 Å². The molecule has 0 aromatic carbocycles. The number of hydrogen-bond donors (Lipinski definition) is 0. The first kappa shape index (κ1) is 24.9. The lowest BCUT2D eigenvalue weighted by atomic mass is 9.94. The molecule has 1 unspecified atom stereocenters. The van der Waals surface area contributed by atoms with Gasteiger partial charge in [-0.1, -0.05) is 0 Å². The highest BCUT2D eigenvalue weighted by Gasteiger charge is 2.88. The van der Waals surface area contributed by atoms with Crippen molar-refractivity contribution in [1.29, 1.82) is 0 Å². The third-order valence-electron chi connectivity index (χ3n) is 2.69. The van der Waals surface area contributed by atoms with Gasteiger partial charge in [0.05, 0.1) is 6.42 Å². The smallest absolute Gasteiger partial charge is 0.402 e. The van der Waals surface area contributed by atoms with Crippen molar-refractivity contribution in [3.05, 3.63) is 0 Å². The zero-order valence-corrected chi connectivity index (χ0v) is 12.0. The number of alkyl halides is 14. The Bertz CT molecular complexity index is 621. The van der Waals surface area contributed by atoms with Crippen LogP contribution in [-0.4, -0.2) is 54.3 Å². The molecule has 3 nitrogen and oxygen atoms in total. The molecule has 0 aromatic rings. The summed E-state index contributed by atoms with van der Waals surface area (Å²) in [4.78, 5) is 0. The van der Waals surface area contributed by atoms with Crippen molar-refractivity contribution in [2.75, 3.05) is 0 Å². The molecule has 0 aromatic heterocycles. The second-order valence-electron chi connectivity index (χ2n) is 4.60. The lowest BCUT2D eigenvalue weighted by Crippen LogP contribution is -2.70. The molecule has 0 amide bonds. The Balaban J connectivity index is 6.33. The van der Waals surface area contributed by atoms with Crippen LogP contribution in [-0.2, 0) is 10.1 Å². The Kier molecular flexibility index (Phi) is 5.98. The van der Waals surface area contributed by atoms with E-state index in [1.165, 1.54) is 0 Å². The zero-order chi connectivity index (χ0) is 21.8. The summed E-state index contributed by atoms with van der Waals surface area (Å²) in [6.07, 6.45) is -14.9. The van der Waals surface area contributed by atoms with E-state index in [9.17, 15) is 74.4 Å². The molecule has 0 aliphatic carbocycles. The van der Waals surface area contributed by atoms with Crippen LogP contribution in [0.4, 0.5) is 61.5 Å². The Labute approximate surface area is 133 Å². The summed E-state index contributed by atoms with van der Waals surface area (Å²) in [5.74, 6) is -31.6. The summed E-state index contributed by atoms with van der Waals surface area (Å²) >= 11 is 0. The van der Waals surface area contributed by atoms with E-state index in [2.05, 4.69) is 0 Å². The lowest BCUT2D eigenvalue weighted by molar-refractivity contribution is -0.398. The molecule has 18 heteroatoms. The minimum atomic E-state index is -8.18. The monoisotopic (exact) mass is 445 g/mol. The quantitative estimate of drug-likeness (QED) is 0.441. The second kappa shape index (κ2) is 6.23. The van der Waals surface area contributed by atoms with E-state index in [1.807, 2.05) is 0 Å². The first-order valence-corrected chi connectivity index (χ1v) is 6.84. The summed E-state index contributed by atoms with van der Waals surface area (Å²) < 4.78 is 206. The third-order valence-corrected chi connectivity index (χ3v) is 3.58. The molecule has 1 atom stereocenters. The maximum atomic E-state index is 13.0. The molecule has 0 rings (SSSR count). The van der Waals surface area contributed by atoms with Crippen molar-refractivity contribution in [3.8, 4) is 0 Å². The summed E-state index contributed by atoms with van der Waals surface area (Å²) in [6.45, 7) is 0. The maximum absolute atomic E-state index is 13.0. The van der Waals surface area contributed by atoms with Crippen LogP contribution in [0, 0.1) is 0 Å². The fourth-order valence-electron chi connectivity index (χ4n) is 1.27. The Hall–Kier alpha value is -1.07. The summed E-state index contributed by atoms with van der Waals surface area (Å²) in [5, 5.41) is -7.61. The molecule has 0 aliphatic rings. The molecule has 0 saturated carbocycles. The minimum Gasteiger partial charge on any atom is -0.743 e. The second-order valence-corrected chi connectivity index (χ2v) is 6.02. The van der Waals surface area contributed by atoms with E-state index in [0.717, 1.165) is 0 Å². The van der Waals surface area contributed by atoms with Crippen LogP contribution in [0.25, 0.3) is 0 Å². The van der Waals surface area contributed by atoms with Crippen LogP contribution in [0.2, 0.25) is 0 Å². The van der Waals surface area contributed by atoms with Crippen LogP contribution >= 0.6 is 0 Å². The molecule has 0 bridgehead atoms. The van der Waals surface area contributed by atoms with Gasteiger partial charge in [-0.15, -0.1) is 0 Å². The van der Waals surface area contributed by atoms with Gasteiger partial charge in [0.25, 0.3) is 0 Å². The predicted octanol–water partition coefficient (Wildman–Crippen LogP) is 3.96. The largest absolute Gasteiger partial charge is 0.743 e. The van der Waals surface area contributed by atoms with E-state index < -0.39 is 57.8 Å². The average Bonchev–Trinajstić information content (AvgIpc) is 2.34. The van der Waals surface area contributed by atoms with Crippen molar-refractivity contribution in [1.82, 2.24) is 0 Å². The van der Waals surface area contributed by atoms with Crippen LogP contribution in [0.1, 0.15) is 6.42 Å². The van der Waals surface area contributed by atoms with Gasteiger partial charge >= 0.3 is 35.1 Å². The van der Waals surface area contributed by atoms with Crippen molar-refractivity contribution in [2.45, 2.75) is 47.7 Å². The highest BCUT2D eigenvalue weighted by molar-refractivity contribution is 7.86. The van der Waals surface area contributed by atoms with Gasteiger partial charge in [0.1, 0.15) is 0 Å². The van der Waals surface area contributed by atoms with Crippen molar-refractivity contribution in [3.63, 3.8) is 0 Å². The molecular formula is C8H3F14O3S-. The Morgan fingerprint density at radius 3 is 1.31 bits per heavy atom. The summed E-state index contributed by atoms with van der Waals surface area (Å²) in [7, 11) is -7.86. The molecular weight excluding hydrogens is 442 g/mol. The van der Waals surface area contributed by atoms with Crippen LogP contribution < -0.4 is 0 Å². The molecule has 0 aliphatic heterocycles. The maximum Gasteiger partial charge on any atom is 0.402 e. The molecule has 0 spiro atoms. The molecule has 0 fully saturated rings. The Morgan fingerprint density at radius 1 is 0.692 bits per heavy atom. The van der Waals surface area contributed by atoms with E-state index in [0.29, 0.717) is 0 Å². The van der Waals surface area contributed by atoms with Gasteiger partial charge in [-0.2, -0.15) is 57.1 Å². The predicted molar refractivity (Wildman–Crippen MR) is 50.0 cm³/mol. The van der Waals surface area contributed by atoms with Crippen LogP contribution in [0.3, 0.4) is 0 Å². The fraction of sp³-hybridized carbons (Fsp3) is 1.00.